The Bertz CT molecular complexity index is 389. The maximum atomic E-state index is 3.71. The fourth-order valence-corrected chi connectivity index (χ4v) is 3.32. The van der Waals surface area contributed by atoms with Crippen molar-refractivity contribution in [1.82, 2.24) is 5.32 Å². The van der Waals surface area contributed by atoms with Crippen LogP contribution in [0.15, 0.2) is 22.7 Å². The van der Waals surface area contributed by atoms with Crippen LogP contribution in [0.25, 0.3) is 0 Å². The lowest BCUT2D eigenvalue weighted by molar-refractivity contribution is 0.369. The maximum absolute atomic E-state index is 3.71. The average Bonchev–Trinajstić information content (AvgIpc) is 2.59. The molecular formula is C15H22BrN. The lowest BCUT2D eigenvalue weighted by atomic mass is 9.97. The van der Waals surface area contributed by atoms with Crippen LogP contribution in [0.1, 0.15) is 37.8 Å². The van der Waals surface area contributed by atoms with Gasteiger partial charge < -0.3 is 5.32 Å². The molecule has 1 nitrogen and oxygen atoms in total. The molecular weight excluding hydrogens is 274 g/mol. The SMILES string of the molecule is Cc1ccc(CNC2CCC(C)C2C)c(Br)c1. The van der Waals surface area contributed by atoms with Gasteiger partial charge in [-0.3, -0.25) is 0 Å². The minimum absolute atomic E-state index is 0.693. The molecule has 0 aromatic heterocycles. The first-order valence-electron chi connectivity index (χ1n) is 6.56. The molecule has 0 heterocycles. The van der Waals surface area contributed by atoms with E-state index >= 15 is 0 Å². The maximum Gasteiger partial charge on any atom is 0.0222 e. The number of halogens is 1. The number of nitrogens with one attached hydrogen (secondary N) is 1. The summed E-state index contributed by atoms with van der Waals surface area (Å²) >= 11 is 3.64. The molecule has 1 aliphatic carbocycles. The first-order chi connectivity index (χ1) is 8.08. The van der Waals surface area contributed by atoms with Gasteiger partial charge in [0.05, 0.1) is 0 Å². The number of hydrogen-bond donors (Lipinski definition) is 1. The minimum atomic E-state index is 0.693. The van der Waals surface area contributed by atoms with Crippen LogP contribution in [-0.4, -0.2) is 6.04 Å². The molecule has 0 bridgehead atoms. The van der Waals surface area contributed by atoms with Crippen molar-refractivity contribution in [2.24, 2.45) is 11.8 Å². The van der Waals surface area contributed by atoms with Gasteiger partial charge in [0.1, 0.15) is 0 Å². The first kappa shape index (κ1) is 13.1. The molecule has 1 N–H and O–H groups in total. The molecule has 0 spiro atoms. The third-order valence-corrected chi connectivity index (χ3v) is 4.97. The van der Waals surface area contributed by atoms with Crippen LogP contribution < -0.4 is 5.32 Å². The molecule has 1 saturated carbocycles. The zero-order chi connectivity index (χ0) is 12.4. The fourth-order valence-electron chi connectivity index (χ4n) is 2.69. The second-order valence-corrected chi connectivity index (χ2v) is 6.35. The van der Waals surface area contributed by atoms with Crippen LogP contribution in [0.2, 0.25) is 0 Å². The lowest BCUT2D eigenvalue weighted by Crippen LogP contribution is -2.31. The Morgan fingerprint density at radius 2 is 2.06 bits per heavy atom. The van der Waals surface area contributed by atoms with Gasteiger partial charge in [-0.05, 0) is 48.8 Å². The minimum Gasteiger partial charge on any atom is -0.310 e. The predicted molar refractivity (Wildman–Crippen MR) is 77.1 cm³/mol. The van der Waals surface area contributed by atoms with E-state index in [1.54, 1.807) is 0 Å². The quantitative estimate of drug-likeness (QED) is 0.877. The summed E-state index contributed by atoms with van der Waals surface area (Å²) in [5, 5.41) is 3.71. The molecule has 1 aromatic rings. The molecule has 0 saturated heterocycles. The van der Waals surface area contributed by atoms with Crippen LogP contribution in [0.3, 0.4) is 0 Å². The van der Waals surface area contributed by atoms with Gasteiger partial charge in [-0.25, -0.2) is 0 Å². The molecule has 0 radical (unpaired) electrons. The highest BCUT2D eigenvalue weighted by atomic mass is 79.9. The Morgan fingerprint density at radius 1 is 1.29 bits per heavy atom. The van der Waals surface area contributed by atoms with E-state index in [4.69, 9.17) is 0 Å². The Hall–Kier alpha value is -0.340. The summed E-state index contributed by atoms with van der Waals surface area (Å²) in [5.74, 6) is 1.67. The lowest BCUT2D eigenvalue weighted by Gasteiger charge is -2.20. The molecule has 3 atom stereocenters. The summed E-state index contributed by atoms with van der Waals surface area (Å²) in [6.07, 6.45) is 2.69. The number of benzene rings is 1. The van der Waals surface area contributed by atoms with Gasteiger partial charge in [-0.2, -0.15) is 0 Å². The molecule has 2 rings (SSSR count). The highest BCUT2D eigenvalue weighted by Gasteiger charge is 2.29. The highest BCUT2D eigenvalue weighted by Crippen LogP contribution is 2.31. The monoisotopic (exact) mass is 295 g/mol. The van der Waals surface area contributed by atoms with Crippen molar-refractivity contribution in [3.8, 4) is 0 Å². The van der Waals surface area contributed by atoms with Gasteiger partial charge >= 0.3 is 0 Å². The van der Waals surface area contributed by atoms with E-state index in [0.717, 1.165) is 18.4 Å². The van der Waals surface area contributed by atoms with E-state index in [1.165, 1.54) is 28.4 Å². The zero-order valence-electron chi connectivity index (χ0n) is 11.0. The number of rotatable bonds is 3. The molecule has 0 aliphatic heterocycles. The third-order valence-electron chi connectivity index (χ3n) is 4.23. The zero-order valence-corrected chi connectivity index (χ0v) is 12.5. The summed E-state index contributed by atoms with van der Waals surface area (Å²) in [5.41, 5.74) is 2.67. The third kappa shape index (κ3) is 3.11. The molecule has 1 aliphatic rings. The Balaban J connectivity index is 1.94. The van der Waals surface area contributed by atoms with Gasteiger partial charge in [0.25, 0.3) is 0 Å². The second-order valence-electron chi connectivity index (χ2n) is 5.50. The first-order valence-corrected chi connectivity index (χ1v) is 7.35. The van der Waals surface area contributed by atoms with Crippen molar-refractivity contribution in [2.75, 3.05) is 0 Å². The average molecular weight is 296 g/mol. The summed E-state index contributed by atoms with van der Waals surface area (Å²) in [6, 6.07) is 7.29. The molecule has 1 aromatic carbocycles. The van der Waals surface area contributed by atoms with E-state index < -0.39 is 0 Å². The van der Waals surface area contributed by atoms with E-state index in [-0.39, 0.29) is 0 Å². The van der Waals surface area contributed by atoms with Gasteiger partial charge in [-0.15, -0.1) is 0 Å². The van der Waals surface area contributed by atoms with E-state index in [1.807, 2.05) is 0 Å². The van der Waals surface area contributed by atoms with Crippen molar-refractivity contribution in [1.29, 1.82) is 0 Å². The molecule has 0 amide bonds. The van der Waals surface area contributed by atoms with E-state index in [9.17, 15) is 0 Å². The highest BCUT2D eigenvalue weighted by molar-refractivity contribution is 9.10. The summed E-state index contributed by atoms with van der Waals surface area (Å²) < 4.78 is 1.23. The summed E-state index contributed by atoms with van der Waals surface area (Å²) in [4.78, 5) is 0. The molecule has 17 heavy (non-hydrogen) atoms. The van der Waals surface area contributed by atoms with Crippen molar-refractivity contribution >= 4 is 15.9 Å². The van der Waals surface area contributed by atoms with E-state index in [0.29, 0.717) is 6.04 Å². The van der Waals surface area contributed by atoms with Gasteiger partial charge in [0, 0.05) is 17.1 Å². The van der Waals surface area contributed by atoms with E-state index in [2.05, 4.69) is 60.2 Å². The van der Waals surface area contributed by atoms with Crippen LogP contribution in [0, 0.1) is 18.8 Å². The number of hydrogen-bond acceptors (Lipinski definition) is 1. The molecule has 2 heteroatoms. The van der Waals surface area contributed by atoms with Crippen molar-refractivity contribution in [2.45, 2.75) is 46.2 Å². The molecule has 3 unspecified atom stereocenters. The fraction of sp³-hybridized carbons (Fsp3) is 0.600. The van der Waals surface area contributed by atoms with Crippen LogP contribution in [-0.2, 0) is 6.54 Å². The topological polar surface area (TPSA) is 12.0 Å². The van der Waals surface area contributed by atoms with Crippen molar-refractivity contribution in [3.63, 3.8) is 0 Å². The molecule has 1 fully saturated rings. The number of aryl methyl sites for hydroxylation is 1. The summed E-state index contributed by atoms with van der Waals surface area (Å²) in [6.45, 7) is 7.85. The summed E-state index contributed by atoms with van der Waals surface area (Å²) in [7, 11) is 0. The van der Waals surface area contributed by atoms with Crippen LogP contribution in [0.5, 0.6) is 0 Å². The smallest absolute Gasteiger partial charge is 0.0222 e. The largest absolute Gasteiger partial charge is 0.310 e. The Morgan fingerprint density at radius 3 is 2.65 bits per heavy atom. The van der Waals surface area contributed by atoms with Crippen LogP contribution in [0.4, 0.5) is 0 Å². The Kier molecular flexibility index (Phi) is 4.26. The molecule has 94 valence electrons. The normalized spacial score (nSPS) is 28.6. The van der Waals surface area contributed by atoms with Gasteiger partial charge in [-0.1, -0.05) is 41.9 Å². The van der Waals surface area contributed by atoms with Gasteiger partial charge in [0.15, 0.2) is 0 Å². The van der Waals surface area contributed by atoms with Crippen molar-refractivity contribution < 1.29 is 0 Å². The van der Waals surface area contributed by atoms with Gasteiger partial charge in [0.2, 0.25) is 0 Å². The van der Waals surface area contributed by atoms with Crippen molar-refractivity contribution in [3.05, 3.63) is 33.8 Å². The van der Waals surface area contributed by atoms with Crippen LogP contribution >= 0.6 is 15.9 Å². The standard InChI is InChI=1S/C15H22BrN/c1-10-4-6-13(14(16)8-10)9-17-15-7-5-11(2)12(15)3/h4,6,8,11-12,15,17H,5,7,9H2,1-3H3. The predicted octanol–water partition coefficient (Wildman–Crippen LogP) is 4.28. The second kappa shape index (κ2) is 5.53. The Labute approximate surface area is 113 Å².